The van der Waals surface area contributed by atoms with Gasteiger partial charge in [0, 0.05) is 16.3 Å². The van der Waals surface area contributed by atoms with Crippen molar-refractivity contribution in [3.05, 3.63) is 82.9 Å². The van der Waals surface area contributed by atoms with Crippen molar-refractivity contribution in [2.45, 2.75) is 16.7 Å². The third-order valence-electron chi connectivity index (χ3n) is 4.28. The summed E-state index contributed by atoms with van der Waals surface area (Å²) in [5.74, 6) is -0.682. The lowest BCUT2D eigenvalue weighted by molar-refractivity contribution is 0.1000. The summed E-state index contributed by atoms with van der Waals surface area (Å²) >= 11 is 5.82. The summed E-state index contributed by atoms with van der Waals surface area (Å²) in [6, 6.07) is 15.3. The van der Waals surface area contributed by atoms with Gasteiger partial charge in [-0.15, -0.1) is 0 Å². The minimum absolute atomic E-state index is 0.0565. The fourth-order valence-corrected chi connectivity index (χ4v) is 5.20. The zero-order valence-corrected chi connectivity index (χ0v) is 18.6. The van der Waals surface area contributed by atoms with E-state index in [0.29, 0.717) is 16.3 Å². The molecule has 0 radical (unpaired) electrons. The van der Waals surface area contributed by atoms with Gasteiger partial charge in [-0.05, 0) is 73.2 Å². The number of nitrogens with two attached hydrogens (primary N) is 1. The van der Waals surface area contributed by atoms with Crippen LogP contribution in [0, 0.1) is 6.92 Å². The van der Waals surface area contributed by atoms with E-state index in [9.17, 15) is 21.6 Å². The first kappa shape index (κ1) is 22.6. The van der Waals surface area contributed by atoms with E-state index in [-0.39, 0.29) is 21.0 Å². The minimum Gasteiger partial charge on any atom is -0.366 e. The molecule has 0 aliphatic heterocycles. The number of halogens is 1. The molecule has 31 heavy (non-hydrogen) atoms. The fourth-order valence-electron chi connectivity index (χ4n) is 2.69. The van der Waals surface area contributed by atoms with Crippen LogP contribution in [0.1, 0.15) is 15.9 Å². The average molecular weight is 480 g/mol. The molecule has 0 aliphatic rings. The van der Waals surface area contributed by atoms with Crippen LogP contribution in [0.25, 0.3) is 0 Å². The Bertz CT molecular complexity index is 1340. The quantitative estimate of drug-likeness (QED) is 0.477. The third kappa shape index (κ3) is 5.35. The Morgan fingerprint density at radius 3 is 1.94 bits per heavy atom. The number of nitrogens with one attached hydrogen (secondary N) is 2. The van der Waals surface area contributed by atoms with Crippen molar-refractivity contribution in [1.29, 1.82) is 0 Å². The summed E-state index contributed by atoms with van der Waals surface area (Å²) in [4.78, 5) is 11.0. The van der Waals surface area contributed by atoms with Crippen LogP contribution in [0.4, 0.5) is 11.4 Å². The number of amides is 1. The number of aryl methyl sites for hydroxylation is 1. The highest BCUT2D eigenvalue weighted by molar-refractivity contribution is 7.93. The van der Waals surface area contributed by atoms with Crippen molar-refractivity contribution in [2.75, 3.05) is 9.44 Å². The predicted octanol–water partition coefficient (Wildman–Crippen LogP) is 3.35. The number of carbonyl (C=O) groups is 1. The summed E-state index contributed by atoms with van der Waals surface area (Å²) < 4.78 is 55.7. The molecule has 0 saturated heterocycles. The normalized spacial score (nSPS) is 11.7. The Hall–Kier alpha value is -3.08. The summed E-state index contributed by atoms with van der Waals surface area (Å²) in [6.07, 6.45) is 0. The fraction of sp³-hybridized carbons (Fsp3) is 0.0500. The van der Waals surface area contributed by atoms with E-state index in [2.05, 4.69) is 9.44 Å². The van der Waals surface area contributed by atoms with Crippen molar-refractivity contribution < 1.29 is 21.6 Å². The van der Waals surface area contributed by atoms with Crippen molar-refractivity contribution in [1.82, 2.24) is 0 Å². The number of hydrogen-bond donors (Lipinski definition) is 3. The van der Waals surface area contributed by atoms with Crippen molar-refractivity contribution in [3.8, 4) is 0 Å². The van der Waals surface area contributed by atoms with Crippen LogP contribution in [0.5, 0.6) is 0 Å². The lowest BCUT2D eigenvalue weighted by Gasteiger charge is -2.13. The van der Waals surface area contributed by atoms with Gasteiger partial charge in [-0.25, -0.2) is 16.8 Å². The molecule has 0 heterocycles. The molecule has 11 heteroatoms. The number of rotatable bonds is 7. The Kier molecular flexibility index (Phi) is 6.25. The van der Waals surface area contributed by atoms with Crippen molar-refractivity contribution >= 4 is 48.9 Å². The first-order chi connectivity index (χ1) is 14.5. The second-order valence-electron chi connectivity index (χ2n) is 6.59. The van der Waals surface area contributed by atoms with E-state index in [0.717, 1.165) is 0 Å². The maximum Gasteiger partial charge on any atom is 0.262 e. The van der Waals surface area contributed by atoms with Gasteiger partial charge >= 0.3 is 0 Å². The molecular formula is C20H18ClN3O5S2. The highest BCUT2D eigenvalue weighted by Crippen LogP contribution is 2.25. The van der Waals surface area contributed by atoms with Crippen LogP contribution < -0.4 is 15.2 Å². The highest BCUT2D eigenvalue weighted by atomic mass is 35.5. The summed E-state index contributed by atoms with van der Waals surface area (Å²) in [5.41, 5.74) is 6.11. The van der Waals surface area contributed by atoms with Gasteiger partial charge in [0.25, 0.3) is 20.0 Å². The molecule has 1 amide bonds. The van der Waals surface area contributed by atoms with E-state index in [1.54, 1.807) is 19.1 Å². The van der Waals surface area contributed by atoms with Crippen LogP contribution >= 0.6 is 11.6 Å². The van der Waals surface area contributed by atoms with Gasteiger partial charge in [0.05, 0.1) is 15.5 Å². The summed E-state index contributed by atoms with van der Waals surface area (Å²) in [7, 11) is -8.02. The van der Waals surface area contributed by atoms with E-state index in [1.807, 2.05) is 0 Å². The topological polar surface area (TPSA) is 135 Å². The molecule has 0 unspecified atom stereocenters. The SMILES string of the molecule is Cc1ccc(NS(=O)(=O)c2ccc(C(N)=O)cc2)cc1S(=O)(=O)Nc1ccc(Cl)cc1. The van der Waals surface area contributed by atoms with Crippen molar-refractivity contribution in [2.24, 2.45) is 5.73 Å². The van der Waals surface area contributed by atoms with Gasteiger partial charge in [0.15, 0.2) is 0 Å². The minimum atomic E-state index is -4.03. The molecule has 3 aromatic rings. The highest BCUT2D eigenvalue weighted by Gasteiger charge is 2.20. The second-order valence-corrected chi connectivity index (χ2v) is 10.4. The summed E-state index contributed by atoms with van der Waals surface area (Å²) in [5, 5.41) is 0.458. The second kappa shape index (κ2) is 8.58. The number of hydrogen-bond acceptors (Lipinski definition) is 5. The molecule has 0 aromatic heterocycles. The zero-order chi connectivity index (χ0) is 22.8. The van der Waals surface area contributed by atoms with Gasteiger partial charge in [0.1, 0.15) is 0 Å². The standard InChI is InChI=1S/C20H18ClN3O5S2/c1-13-2-7-17(24-30(26,27)18-10-3-14(4-11-18)20(22)25)12-19(13)31(28,29)23-16-8-5-15(21)6-9-16/h2-12,23-24H,1H3,(H2,22,25). The van der Waals surface area contributed by atoms with Crippen LogP contribution in [-0.2, 0) is 20.0 Å². The molecule has 0 spiro atoms. The maximum absolute atomic E-state index is 12.8. The zero-order valence-electron chi connectivity index (χ0n) is 16.2. The predicted molar refractivity (Wildman–Crippen MR) is 119 cm³/mol. The van der Waals surface area contributed by atoms with Gasteiger partial charge in [-0.1, -0.05) is 17.7 Å². The van der Waals surface area contributed by atoms with E-state index >= 15 is 0 Å². The average Bonchev–Trinajstić information content (AvgIpc) is 2.71. The van der Waals surface area contributed by atoms with Gasteiger partial charge < -0.3 is 5.73 Å². The van der Waals surface area contributed by atoms with Crippen LogP contribution in [0.3, 0.4) is 0 Å². The lowest BCUT2D eigenvalue weighted by atomic mass is 10.2. The first-order valence-electron chi connectivity index (χ1n) is 8.80. The van der Waals surface area contributed by atoms with Crippen LogP contribution in [0.15, 0.2) is 76.5 Å². The van der Waals surface area contributed by atoms with Crippen molar-refractivity contribution in [3.63, 3.8) is 0 Å². The van der Waals surface area contributed by atoms with Crippen LogP contribution in [-0.4, -0.2) is 22.7 Å². The Morgan fingerprint density at radius 2 is 1.35 bits per heavy atom. The third-order valence-corrected chi connectivity index (χ3v) is 7.45. The number of primary amides is 1. The maximum atomic E-state index is 12.8. The summed E-state index contributed by atoms with van der Waals surface area (Å²) in [6.45, 7) is 1.59. The molecule has 4 N–H and O–H groups in total. The smallest absolute Gasteiger partial charge is 0.262 e. The molecule has 162 valence electrons. The molecule has 3 aromatic carbocycles. The number of carbonyl (C=O) groups excluding carboxylic acids is 1. The molecule has 3 rings (SSSR count). The molecule has 8 nitrogen and oxygen atoms in total. The molecule has 0 aliphatic carbocycles. The van der Waals surface area contributed by atoms with Gasteiger partial charge in [-0.3, -0.25) is 14.2 Å². The van der Waals surface area contributed by atoms with E-state index in [1.165, 1.54) is 54.6 Å². The van der Waals surface area contributed by atoms with Gasteiger partial charge in [0.2, 0.25) is 5.91 Å². The number of sulfonamides is 2. The largest absolute Gasteiger partial charge is 0.366 e. The van der Waals surface area contributed by atoms with E-state index in [4.69, 9.17) is 17.3 Å². The lowest BCUT2D eigenvalue weighted by Crippen LogP contribution is -2.17. The molecule has 0 bridgehead atoms. The number of benzene rings is 3. The Labute approximate surface area is 185 Å². The van der Waals surface area contributed by atoms with Crippen LogP contribution in [0.2, 0.25) is 5.02 Å². The molecular weight excluding hydrogens is 462 g/mol. The first-order valence-corrected chi connectivity index (χ1v) is 12.1. The molecule has 0 atom stereocenters. The van der Waals surface area contributed by atoms with E-state index < -0.39 is 26.0 Å². The Balaban J connectivity index is 1.89. The molecule has 0 saturated carbocycles. The molecule has 0 fully saturated rings. The monoisotopic (exact) mass is 479 g/mol. The van der Waals surface area contributed by atoms with Gasteiger partial charge in [-0.2, -0.15) is 0 Å². The Morgan fingerprint density at radius 1 is 0.806 bits per heavy atom. The number of anilines is 2.